The predicted molar refractivity (Wildman–Crippen MR) is 143 cm³/mol. The summed E-state index contributed by atoms with van der Waals surface area (Å²) >= 11 is 0. The number of benzene rings is 3. The number of aromatic nitrogens is 3. The van der Waals surface area contributed by atoms with Gasteiger partial charge in [0.1, 0.15) is 16.9 Å². The molecule has 0 aliphatic rings. The molecule has 0 bridgehead atoms. The zero-order valence-electron chi connectivity index (χ0n) is 20.2. The van der Waals surface area contributed by atoms with Crippen molar-refractivity contribution in [1.29, 1.82) is 5.26 Å². The highest BCUT2D eigenvalue weighted by Gasteiger charge is 2.38. The number of fused-ring (bicyclic) bond motifs is 1. The number of aryl methyl sites for hydroxylation is 1. The fourth-order valence-electron chi connectivity index (χ4n) is 4.84. The second kappa shape index (κ2) is 8.90. The molecule has 3 aromatic heterocycles. The van der Waals surface area contributed by atoms with Crippen LogP contribution in [0.25, 0.3) is 33.2 Å². The first kappa shape index (κ1) is 22.5. The maximum absolute atomic E-state index is 9.31. The minimum absolute atomic E-state index is 0.563. The predicted octanol–water partition coefficient (Wildman–Crippen LogP) is 6.02. The fraction of sp³-hybridized carbons (Fsp3) is 0.0645. The van der Waals surface area contributed by atoms with Gasteiger partial charge in [-0.05, 0) is 53.1 Å². The molecule has 0 fully saturated rings. The quantitative estimate of drug-likeness (QED) is 0.325. The molecule has 0 saturated heterocycles. The molecular weight excluding hydrogens is 458 g/mol. The van der Waals surface area contributed by atoms with Gasteiger partial charge in [0.15, 0.2) is 0 Å². The van der Waals surface area contributed by atoms with Crippen molar-refractivity contribution in [2.75, 3.05) is 0 Å². The summed E-state index contributed by atoms with van der Waals surface area (Å²) in [6, 6.07) is 29.8. The lowest BCUT2D eigenvalue weighted by atomic mass is 9.84. The van der Waals surface area contributed by atoms with Crippen LogP contribution in [0.2, 0.25) is 0 Å². The highest BCUT2D eigenvalue weighted by atomic mass is 16.3. The van der Waals surface area contributed by atoms with Crippen molar-refractivity contribution in [2.45, 2.75) is 5.54 Å². The number of furan rings is 1. The number of hydrogen-bond acceptors (Lipinski definition) is 5. The topological polar surface area (TPSA) is 93.7 Å². The van der Waals surface area contributed by atoms with Gasteiger partial charge >= 0.3 is 0 Å². The van der Waals surface area contributed by atoms with Crippen molar-refractivity contribution in [2.24, 2.45) is 12.8 Å². The van der Waals surface area contributed by atoms with E-state index < -0.39 is 5.54 Å². The average molecular weight is 482 g/mol. The van der Waals surface area contributed by atoms with E-state index in [9.17, 15) is 5.26 Å². The summed E-state index contributed by atoms with van der Waals surface area (Å²) in [5, 5.41) is 10.2. The van der Waals surface area contributed by atoms with Crippen molar-refractivity contribution in [1.82, 2.24) is 14.5 Å². The maximum atomic E-state index is 9.31. The van der Waals surface area contributed by atoms with E-state index in [1.165, 1.54) is 0 Å². The third-order valence-corrected chi connectivity index (χ3v) is 6.77. The van der Waals surface area contributed by atoms with Crippen LogP contribution in [0.4, 0.5) is 0 Å². The Morgan fingerprint density at radius 1 is 0.865 bits per heavy atom. The van der Waals surface area contributed by atoms with Crippen molar-refractivity contribution in [3.63, 3.8) is 0 Å². The number of rotatable bonds is 5. The molecule has 3 heterocycles. The van der Waals surface area contributed by atoms with Gasteiger partial charge in [0.2, 0.25) is 0 Å². The van der Waals surface area contributed by atoms with E-state index >= 15 is 0 Å². The van der Waals surface area contributed by atoms with Crippen molar-refractivity contribution in [3.8, 4) is 28.3 Å². The number of pyridine rings is 1. The molecule has 6 rings (SSSR count). The monoisotopic (exact) mass is 481 g/mol. The molecule has 3 aromatic carbocycles. The largest absolute Gasteiger partial charge is 0.458 e. The Kier molecular flexibility index (Phi) is 5.41. The first-order valence-corrected chi connectivity index (χ1v) is 11.9. The molecule has 0 amide bonds. The van der Waals surface area contributed by atoms with Gasteiger partial charge in [-0.25, -0.2) is 4.98 Å². The normalized spacial score (nSPS) is 12.8. The third-order valence-electron chi connectivity index (χ3n) is 6.77. The molecule has 1 atom stereocenters. The lowest BCUT2D eigenvalue weighted by Crippen LogP contribution is -2.40. The Balaban J connectivity index is 1.63. The van der Waals surface area contributed by atoms with Gasteiger partial charge in [-0.2, -0.15) is 5.26 Å². The minimum atomic E-state index is -1.14. The highest BCUT2D eigenvalue weighted by molar-refractivity contribution is 5.97. The molecule has 0 aliphatic heterocycles. The Morgan fingerprint density at radius 3 is 2.32 bits per heavy atom. The summed E-state index contributed by atoms with van der Waals surface area (Å²) in [6.45, 7) is 0. The highest BCUT2D eigenvalue weighted by Crippen LogP contribution is 2.41. The van der Waals surface area contributed by atoms with E-state index in [2.05, 4.69) is 40.3 Å². The van der Waals surface area contributed by atoms with Crippen molar-refractivity contribution >= 4 is 11.0 Å². The minimum Gasteiger partial charge on any atom is -0.458 e. The van der Waals surface area contributed by atoms with Gasteiger partial charge in [-0.3, -0.25) is 4.98 Å². The summed E-state index contributed by atoms with van der Waals surface area (Å²) in [5.41, 5.74) is 13.1. The van der Waals surface area contributed by atoms with Gasteiger partial charge < -0.3 is 14.7 Å². The summed E-state index contributed by atoms with van der Waals surface area (Å²) in [7, 11) is 1.91. The van der Waals surface area contributed by atoms with Crippen LogP contribution < -0.4 is 5.73 Å². The van der Waals surface area contributed by atoms with Crippen LogP contribution in [0.5, 0.6) is 0 Å². The lowest BCUT2D eigenvalue weighted by molar-refractivity contribution is 0.445. The third kappa shape index (κ3) is 3.79. The zero-order valence-corrected chi connectivity index (χ0v) is 20.2. The van der Waals surface area contributed by atoms with Gasteiger partial charge in [-0.1, -0.05) is 48.5 Å². The standard InChI is InChI=1S/C31H23N5O/c1-36-20-35-19-28(36)31(33,26-11-9-21(17-32)10-12-26)29-16-25-14-24(23-8-5-13-34-18-23)15-27(30(25)37-29)22-6-3-2-4-7-22/h2-16,18-20H,33H2,1H3. The Labute approximate surface area is 214 Å². The zero-order chi connectivity index (χ0) is 25.4. The van der Waals surface area contributed by atoms with E-state index in [-0.39, 0.29) is 0 Å². The first-order valence-electron chi connectivity index (χ1n) is 11.9. The summed E-state index contributed by atoms with van der Waals surface area (Å²) < 4.78 is 8.55. The second-order valence-electron chi connectivity index (χ2n) is 9.05. The van der Waals surface area contributed by atoms with Crippen molar-refractivity contribution in [3.05, 3.63) is 132 Å². The molecule has 37 heavy (non-hydrogen) atoms. The van der Waals surface area contributed by atoms with Gasteiger partial charge in [0.25, 0.3) is 0 Å². The number of imidazole rings is 1. The molecule has 2 N–H and O–H groups in total. The number of nitrogens with two attached hydrogens (primary N) is 1. The second-order valence-corrected chi connectivity index (χ2v) is 9.05. The van der Waals surface area contributed by atoms with Gasteiger partial charge in [0.05, 0.1) is 29.9 Å². The van der Waals surface area contributed by atoms with E-state index in [1.54, 1.807) is 30.9 Å². The van der Waals surface area contributed by atoms with Crippen LogP contribution in [0.15, 0.2) is 114 Å². The molecular formula is C31H23N5O. The molecule has 1 unspecified atom stereocenters. The molecule has 6 heteroatoms. The summed E-state index contributed by atoms with van der Waals surface area (Å²) in [5.74, 6) is 0.580. The molecule has 6 aromatic rings. The van der Waals surface area contributed by atoms with E-state index in [0.717, 1.165) is 44.5 Å². The molecule has 0 radical (unpaired) electrons. The summed E-state index contributed by atoms with van der Waals surface area (Å²) in [4.78, 5) is 8.64. The molecule has 178 valence electrons. The molecule has 0 aliphatic carbocycles. The Morgan fingerprint density at radius 2 is 1.65 bits per heavy atom. The molecule has 0 spiro atoms. The number of nitriles is 1. The smallest absolute Gasteiger partial charge is 0.142 e. The maximum Gasteiger partial charge on any atom is 0.142 e. The van der Waals surface area contributed by atoms with Crippen molar-refractivity contribution < 1.29 is 4.42 Å². The van der Waals surface area contributed by atoms with Crippen LogP contribution in [-0.4, -0.2) is 14.5 Å². The number of nitrogens with zero attached hydrogens (tertiary/aromatic N) is 4. The average Bonchev–Trinajstić information content (AvgIpc) is 3.60. The Bertz CT molecular complexity index is 1750. The van der Waals surface area contributed by atoms with E-state index in [0.29, 0.717) is 11.3 Å². The number of hydrogen-bond donors (Lipinski definition) is 1. The Hall–Kier alpha value is -4.99. The van der Waals surface area contributed by atoms with Crippen LogP contribution in [0.1, 0.15) is 22.6 Å². The van der Waals surface area contributed by atoms with Crippen LogP contribution >= 0.6 is 0 Å². The van der Waals surface area contributed by atoms with Crippen LogP contribution in [-0.2, 0) is 12.6 Å². The van der Waals surface area contributed by atoms with Crippen LogP contribution in [0, 0.1) is 11.3 Å². The van der Waals surface area contributed by atoms with E-state index in [1.807, 2.05) is 66.3 Å². The van der Waals surface area contributed by atoms with E-state index in [4.69, 9.17) is 10.2 Å². The molecule has 0 saturated carbocycles. The molecule has 6 nitrogen and oxygen atoms in total. The lowest BCUT2D eigenvalue weighted by Gasteiger charge is -2.28. The van der Waals surface area contributed by atoms with Gasteiger partial charge in [-0.15, -0.1) is 0 Å². The fourth-order valence-corrected chi connectivity index (χ4v) is 4.84. The van der Waals surface area contributed by atoms with Gasteiger partial charge in [0, 0.05) is 36.0 Å². The summed E-state index contributed by atoms with van der Waals surface area (Å²) in [6.07, 6.45) is 7.10. The SMILES string of the molecule is Cn1cncc1C(N)(c1ccc(C#N)cc1)c1cc2cc(-c3cccnc3)cc(-c3ccccc3)c2o1. The van der Waals surface area contributed by atoms with Crippen LogP contribution in [0.3, 0.4) is 0 Å². The first-order chi connectivity index (χ1) is 18.1.